The van der Waals surface area contributed by atoms with Crippen LogP contribution in [0.25, 0.3) is 0 Å². The van der Waals surface area contributed by atoms with Crippen molar-refractivity contribution < 1.29 is 4.79 Å². The summed E-state index contributed by atoms with van der Waals surface area (Å²) in [4.78, 5) is 10.9. The monoisotopic (exact) mass is 260 g/mol. The highest BCUT2D eigenvalue weighted by molar-refractivity contribution is 5.88. The van der Waals surface area contributed by atoms with Crippen molar-refractivity contribution >= 4 is 11.6 Å². The summed E-state index contributed by atoms with van der Waals surface area (Å²) in [5.74, 6) is 1.57. The zero-order valence-electron chi connectivity index (χ0n) is 12.1. The Hall–Kier alpha value is -1.35. The minimum absolute atomic E-state index is 0.0281. The van der Waals surface area contributed by atoms with E-state index in [9.17, 15) is 4.79 Å². The number of benzene rings is 1. The van der Waals surface area contributed by atoms with Gasteiger partial charge in [-0.1, -0.05) is 26.0 Å². The molecule has 0 spiro atoms. The third kappa shape index (κ3) is 3.80. The third-order valence-electron chi connectivity index (χ3n) is 4.31. The molecule has 1 fully saturated rings. The minimum Gasteiger partial charge on any atom is -0.326 e. The molecule has 0 radical (unpaired) electrons. The molecule has 2 rings (SSSR count). The quantitative estimate of drug-likeness (QED) is 0.873. The van der Waals surface area contributed by atoms with Crippen LogP contribution >= 0.6 is 0 Å². The second kappa shape index (κ2) is 6.20. The zero-order valence-corrected chi connectivity index (χ0v) is 12.1. The molecule has 1 aliphatic carbocycles. The average molecular weight is 260 g/mol. The molecule has 1 amide bonds. The van der Waals surface area contributed by atoms with Crippen molar-refractivity contribution in [3.05, 3.63) is 29.8 Å². The first-order valence-corrected chi connectivity index (χ1v) is 7.16. The van der Waals surface area contributed by atoms with E-state index in [1.165, 1.54) is 25.3 Å². The highest BCUT2D eigenvalue weighted by Crippen LogP contribution is 2.31. The van der Waals surface area contributed by atoms with Gasteiger partial charge in [0, 0.05) is 25.2 Å². The summed E-state index contributed by atoms with van der Waals surface area (Å²) in [5, 5.41) is 6.43. The molecule has 0 bridgehead atoms. The highest BCUT2D eigenvalue weighted by Gasteiger charge is 2.28. The van der Waals surface area contributed by atoms with Gasteiger partial charge in [-0.15, -0.1) is 0 Å². The topological polar surface area (TPSA) is 41.1 Å². The number of amides is 1. The van der Waals surface area contributed by atoms with E-state index in [0.29, 0.717) is 6.04 Å². The number of hydrogen-bond acceptors (Lipinski definition) is 2. The Labute approximate surface area is 115 Å². The first-order chi connectivity index (χ1) is 9.06. The Balaban J connectivity index is 1.85. The van der Waals surface area contributed by atoms with Gasteiger partial charge < -0.3 is 10.6 Å². The van der Waals surface area contributed by atoms with Crippen molar-refractivity contribution in [3.63, 3.8) is 0 Å². The van der Waals surface area contributed by atoms with E-state index in [0.717, 1.165) is 24.1 Å². The minimum atomic E-state index is -0.0281. The van der Waals surface area contributed by atoms with Gasteiger partial charge in [-0.2, -0.15) is 0 Å². The second-order valence-corrected chi connectivity index (χ2v) is 5.78. The third-order valence-corrected chi connectivity index (χ3v) is 4.31. The molecule has 3 nitrogen and oxygen atoms in total. The molecule has 104 valence electrons. The second-order valence-electron chi connectivity index (χ2n) is 5.78. The summed E-state index contributed by atoms with van der Waals surface area (Å²) < 4.78 is 0. The standard InChI is InChI=1S/C16H24N2O/c1-11-4-9-16(12(11)2)17-10-14-5-7-15(8-6-14)18-13(3)19/h5-8,11-12,16-17H,4,9-10H2,1-3H3,(H,18,19). The molecule has 2 N–H and O–H groups in total. The van der Waals surface area contributed by atoms with E-state index in [1.54, 1.807) is 0 Å². The lowest BCUT2D eigenvalue weighted by Crippen LogP contribution is -2.31. The molecule has 0 aromatic heterocycles. The fraction of sp³-hybridized carbons (Fsp3) is 0.562. The van der Waals surface area contributed by atoms with Crippen molar-refractivity contribution in [1.29, 1.82) is 0 Å². The molecule has 3 unspecified atom stereocenters. The molecule has 1 aromatic rings. The van der Waals surface area contributed by atoms with E-state index < -0.39 is 0 Å². The summed E-state index contributed by atoms with van der Waals surface area (Å²) >= 11 is 0. The van der Waals surface area contributed by atoms with Crippen molar-refractivity contribution in [2.24, 2.45) is 11.8 Å². The van der Waals surface area contributed by atoms with Crippen LogP contribution in [0.1, 0.15) is 39.2 Å². The Bertz CT molecular complexity index is 427. The lowest BCUT2D eigenvalue weighted by atomic mass is 9.97. The van der Waals surface area contributed by atoms with Crippen LogP contribution in [0.5, 0.6) is 0 Å². The van der Waals surface area contributed by atoms with E-state index in [2.05, 4.69) is 36.6 Å². The van der Waals surface area contributed by atoms with Crippen LogP contribution in [0.2, 0.25) is 0 Å². The number of carbonyl (C=O) groups is 1. The number of hydrogen-bond donors (Lipinski definition) is 2. The molecule has 1 aliphatic rings. The summed E-state index contributed by atoms with van der Waals surface area (Å²) in [7, 11) is 0. The Morgan fingerprint density at radius 2 is 1.89 bits per heavy atom. The maximum absolute atomic E-state index is 10.9. The predicted octanol–water partition coefficient (Wildman–Crippen LogP) is 3.17. The molecule has 0 aliphatic heterocycles. The van der Waals surface area contributed by atoms with Crippen molar-refractivity contribution in [3.8, 4) is 0 Å². The van der Waals surface area contributed by atoms with Gasteiger partial charge >= 0.3 is 0 Å². The number of carbonyl (C=O) groups excluding carboxylic acids is 1. The van der Waals surface area contributed by atoms with Crippen molar-refractivity contribution in [2.75, 3.05) is 5.32 Å². The summed E-state index contributed by atoms with van der Waals surface area (Å²) in [5.41, 5.74) is 2.12. The van der Waals surface area contributed by atoms with Crippen LogP contribution in [0.15, 0.2) is 24.3 Å². The fourth-order valence-corrected chi connectivity index (χ4v) is 2.81. The van der Waals surface area contributed by atoms with E-state index >= 15 is 0 Å². The zero-order chi connectivity index (χ0) is 13.8. The van der Waals surface area contributed by atoms with Crippen molar-refractivity contribution in [1.82, 2.24) is 5.32 Å². The van der Waals surface area contributed by atoms with Gasteiger partial charge in [0.2, 0.25) is 5.91 Å². The molecule has 3 heteroatoms. The summed E-state index contributed by atoms with van der Waals surface area (Å²) in [6, 6.07) is 8.70. The average Bonchev–Trinajstić information content (AvgIpc) is 2.69. The van der Waals surface area contributed by atoms with Gasteiger partial charge in [-0.05, 0) is 42.4 Å². The van der Waals surface area contributed by atoms with Gasteiger partial charge in [-0.25, -0.2) is 0 Å². The molecular weight excluding hydrogens is 236 g/mol. The van der Waals surface area contributed by atoms with Gasteiger partial charge in [-0.3, -0.25) is 4.79 Å². The van der Waals surface area contributed by atoms with Gasteiger partial charge in [0.1, 0.15) is 0 Å². The normalized spacial score (nSPS) is 26.4. The molecule has 1 saturated carbocycles. The number of nitrogens with one attached hydrogen (secondary N) is 2. The fourth-order valence-electron chi connectivity index (χ4n) is 2.81. The first kappa shape index (κ1) is 14.1. The number of rotatable bonds is 4. The SMILES string of the molecule is CC(=O)Nc1ccc(CNC2CCC(C)C2C)cc1. The maximum Gasteiger partial charge on any atom is 0.221 e. The number of anilines is 1. The Morgan fingerprint density at radius 1 is 1.21 bits per heavy atom. The van der Waals surface area contributed by atoms with Crippen LogP contribution in [-0.4, -0.2) is 11.9 Å². The largest absolute Gasteiger partial charge is 0.326 e. The molecule has 19 heavy (non-hydrogen) atoms. The smallest absolute Gasteiger partial charge is 0.221 e. The van der Waals surface area contributed by atoms with Gasteiger partial charge in [0.15, 0.2) is 0 Å². The van der Waals surface area contributed by atoms with Crippen LogP contribution in [-0.2, 0) is 11.3 Å². The Morgan fingerprint density at radius 3 is 2.42 bits per heavy atom. The van der Waals surface area contributed by atoms with Crippen LogP contribution < -0.4 is 10.6 Å². The lowest BCUT2D eigenvalue weighted by Gasteiger charge is -2.19. The highest BCUT2D eigenvalue weighted by atomic mass is 16.1. The molecule has 0 saturated heterocycles. The lowest BCUT2D eigenvalue weighted by molar-refractivity contribution is -0.114. The Kier molecular flexibility index (Phi) is 4.59. The van der Waals surface area contributed by atoms with Crippen LogP contribution in [0.4, 0.5) is 5.69 Å². The molecular formula is C16H24N2O. The van der Waals surface area contributed by atoms with Gasteiger partial charge in [0.25, 0.3) is 0 Å². The summed E-state index contributed by atoms with van der Waals surface area (Å²) in [6.07, 6.45) is 2.62. The van der Waals surface area contributed by atoms with E-state index in [4.69, 9.17) is 0 Å². The molecule has 3 atom stereocenters. The van der Waals surface area contributed by atoms with E-state index in [1.807, 2.05) is 12.1 Å². The van der Waals surface area contributed by atoms with E-state index in [-0.39, 0.29) is 5.91 Å². The first-order valence-electron chi connectivity index (χ1n) is 7.16. The summed E-state index contributed by atoms with van der Waals surface area (Å²) in [6.45, 7) is 7.12. The van der Waals surface area contributed by atoms with Crippen LogP contribution in [0, 0.1) is 11.8 Å². The predicted molar refractivity (Wildman–Crippen MR) is 78.9 cm³/mol. The molecule has 0 heterocycles. The van der Waals surface area contributed by atoms with Gasteiger partial charge in [0.05, 0.1) is 0 Å². The maximum atomic E-state index is 10.9. The molecule has 1 aromatic carbocycles. The van der Waals surface area contributed by atoms with Crippen LogP contribution in [0.3, 0.4) is 0 Å². The van der Waals surface area contributed by atoms with Crippen molar-refractivity contribution in [2.45, 2.75) is 46.2 Å².